The van der Waals surface area contributed by atoms with Crippen molar-refractivity contribution < 1.29 is 18.1 Å². The number of hydrogen-bond donors (Lipinski definition) is 4. The Morgan fingerprint density at radius 3 is 2.49 bits per heavy atom. The number of benzene rings is 3. The number of sulfonamides is 1. The van der Waals surface area contributed by atoms with Crippen molar-refractivity contribution in [3.63, 3.8) is 0 Å². The van der Waals surface area contributed by atoms with Gasteiger partial charge >= 0.3 is 0 Å². The van der Waals surface area contributed by atoms with Gasteiger partial charge in [0.2, 0.25) is 15.9 Å². The summed E-state index contributed by atoms with van der Waals surface area (Å²) in [6.07, 6.45) is 1.68. The molecule has 1 aliphatic rings. The fourth-order valence-corrected chi connectivity index (χ4v) is 5.82. The molecule has 1 fully saturated rings. The maximum Gasteiger partial charge on any atom is 0.269 e. The summed E-state index contributed by atoms with van der Waals surface area (Å²) >= 11 is 0. The van der Waals surface area contributed by atoms with Gasteiger partial charge in [-0.1, -0.05) is 42.5 Å². The Kier molecular flexibility index (Phi) is 9.84. The average Bonchev–Trinajstić information content (AvgIpc) is 2.91. The van der Waals surface area contributed by atoms with Crippen LogP contribution in [0.4, 0.5) is 5.69 Å². The standard InChI is InChI=1S/C26H30N6O5S.ClH/c27-26(28)31-13-3-4-19(17-31)16-29-25(33)24(14-18-7-10-22(11-8-18)32(34)35)30-38(36,37)23-12-9-20-5-1-2-6-21(20)15-23;/h1-2,5-12,15,19,24,30H,3-4,13-14,16-17H2,(H3,27,28)(H,29,33);1H/t19-,24+;/m0./s1. The van der Waals surface area contributed by atoms with E-state index in [4.69, 9.17) is 11.1 Å². The number of carbonyl (C=O) groups excluding carboxylic acids is 1. The van der Waals surface area contributed by atoms with E-state index in [1.807, 2.05) is 24.3 Å². The number of rotatable bonds is 9. The summed E-state index contributed by atoms with van der Waals surface area (Å²) in [6, 6.07) is 16.6. The zero-order valence-corrected chi connectivity index (χ0v) is 22.7. The Morgan fingerprint density at radius 2 is 1.82 bits per heavy atom. The Balaban J connectivity index is 0.00000420. The number of nitro benzene ring substituents is 1. The molecule has 4 rings (SSSR count). The van der Waals surface area contributed by atoms with E-state index in [0.29, 0.717) is 25.2 Å². The summed E-state index contributed by atoms with van der Waals surface area (Å²) in [5.74, 6) is -0.457. The molecule has 1 saturated heterocycles. The van der Waals surface area contributed by atoms with Crippen molar-refractivity contribution in [2.75, 3.05) is 19.6 Å². The second-order valence-electron chi connectivity index (χ2n) is 9.40. The first-order chi connectivity index (χ1) is 18.1. The number of nitrogens with one attached hydrogen (secondary N) is 3. The summed E-state index contributed by atoms with van der Waals surface area (Å²) in [5, 5.41) is 23.2. The SMILES string of the molecule is Cl.N=C(N)N1CCC[C@@H](CNC(=O)[C@@H](Cc2ccc([N+](=O)[O-])cc2)NS(=O)(=O)c2ccc3ccccc3c2)C1. The van der Waals surface area contributed by atoms with Crippen LogP contribution >= 0.6 is 12.4 Å². The Hall–Kier alpha value is -3.74. The lowest BCUT2D eigenvalue weighted by Gasteiger charge is -2.33. The Bertz CT molecular complexity index is 1450. The fourth-order valence-electron chi connectivity index (χ4n) is 4.59. The third kappa shape index (κ3) is 7.65. The largest absolute Gasteiger partial charge is 0.370 e. The van der Waals surface area contributed by atoms with Crippen molar-refractivity contribution in [2.24, 2.45) is 11.7 Å². The highest BCUT2D eigenvalue weighted by atomic mass is 35.5. The van der Waals surface area contributed by atoms with Gasteiger partial charge in [0.1, 0.15) is 6.04 Å². The van der Waals surface area contributed by atoms with E-state index in [0.717, 1.165) is 23.6 Å². The van der Waals surface area contributed by atoms with E-state index >= 15 is 0 Å². The normalized spacial score (nSPS) is 16.2. The number of halogens is 1. The van der Waals surface area contributed by atoms with E-state index in [-0.39, 0.29) is 41.3 Å². The molecule has 0 aromatic heterocycles. The molecule has 0 aliphatic carbocycles. The third-order valence-corrected chi connectivity index (χ3v) is 8.13. The van der Waals surface area contributed by atoms with Crippen LogP contribution in [0.25, 0.3) is 10.8 Å². The lowest BCUT2D eigenvalue weighted by atomic mass is 9.98. The molecule has 1 heterocycles. The van der Waals surface area contributed by atoms with Crippen LogP contribution in [0.3, 0.4) is 0 Å². The summed E-state index contributed by atoms with van der Waals surface area (Å²) in [6.45, 7) is 1.52. The molecule has 0 spiro atoms. The zero-order chi connectivity index (χ0) is 27.3. The first kappa shape index (κ1) is 29.8. The van der Waals surface area contributed by atoms with Gasteiger partial charge in [0.15, 0.2) is 5.96 Å². The van der Waals surface area contributed by atoms with Crippen molar-refractivity contribution in [1.29, 1.82) is 5.41 Å². The number of nitrogens with zero attached hydrogens (tertiary/aromatic N) is 2. The minimum atomic E-state index is -4.07. The second-order valence-corrected chi connectivity index (χ2v) is 11.1. The van der Waals surface area contributed by atoms with Crippen molar-refractivity contribution in [3.8, 4) is 0 Å². The number of hydrogen-bond acceptors (Lipinski definition) is 6. The number of fused-ring (bicyclic) bond motifs is 1. The smallest absolute Gasteiger partial charge is 0.269 e. The van der Waals surface area contributed by atoms with Crippen LogP contribution < -0.4 is 15.8 Å². The summed E-state index contributed by atoms with van der Waals surface area (Å²) in [5.41, 5.74) is 6.08. The van der Waals surface area contributed by atoms with Crippen molar-refractivity contribution in [1.82, 2.24) is 14.9 Å². The molecule has 2 atom stereocenters. The molecule has 1 aliphatic heterocycles. The Morgan fingerprint density at radius 1 is 1.13 bits per heavy atom. The lowest BCUT2D eigenvalue weighted by Crippen LogP contribution is -2.51. The van der Waals surface area contributed by atoms with Crippen molar-refractivity contribution in [3.05, 3.63) is 82.4 Å². The van der Waals surface area contributed by atoms with Crippen LogP contribution in [0.2, 0.25) is 0 Å². The molecule has 1 amide bonds. The molecule has 0 bridgehead atoms. The highest BCUT2D eigenvalue weighted by Gasteiger charge is 2.28. The first-order valence-corrected chi connectivity index (χ1v) is 13.7. The van der Waals surface area contributed by atoms with E-state index in [9.17, 15) is 23.3 Å². The quantitative estimate of drug-likeness (QED) is 0.132. The second kappa shape index (κ2) is 12.9. The highest BCUT2D eigenvalue weighted by Crippen LogP contribution is 2.20. The van der Waals surface area contributed by atoms with E-state index in [1.165, 1.54) is 30.3 Å². The minimum absolute atomic E-state index is 0. The molecule has 13 heteroatoms. The van der Waals surface area contributed by atoms with Crippen molar-refractivity contribution in [2.45, 2.75) is 30.2 Å². The maximum absolute atomic E-state index is 13.3. The summed E-state index contributed by atoms with van der Waals surface area (Å²) < 4.78 is 29.2. The number of carbonyl (C=O) groups is 1. The van der Waals surface area contributed by atoms with Gasteiger partial charge in [0, 0.05) is 31.8 Å². The van der Waals surface area contributed by atoms with Crippen LogP contribution in [-0.2, 0) is 21.2 Å². The topological polar surface area (TPSA) is 172 Å². The summed E-state index contributed by atoms with van der Waals surface area (Å²) in [7, 11) is -4.07. The molecule has 3 aromatic carbocycles. The number of likely N-dealkylation sites (tertiary alicyclic amines) is 1. The first-order valence-electron chi connectivity index (χ1n) is 12.2. The van der Waals surface area contributed by atoms with Gasteiger partial charge in [0.05, 0.1) is 9.82 Å². The van der Waals surface area contributed by atoms with E-state index in [2.05, 4.69) is 10.0 Å². The fraction of sp³-hybridized carbons (Fsp3) is 0.308. The summed E-state index contributed by atoms with van der Waals surface area (Å²) in [4.78, 5) is 25.5. The molecule has 3 aromatic rings. The highest BCUT2D eigenvalue weighted by molar-refractivity contribution is 7.89. The number of piperidine rings is 1. The van der Waals surface area contributed by atoms with Crippen LogP contribution in [-0.4, -0.2) is 55.8 Å². The van der Waals surface area contributed by atoms with Gasteiger partial charge in [-0.05, 0) is 53.6 Å². The van der Waals surface area contributed by atoms with Gasteiger partial charge in [-0.2, -0.15) is 4.72 Å². The number of nitro groups is 1. The predicted octanol–water partition coefficient (Wildman–Crippen LogP) is 2.78. The van der Waals surface area contributed by atoms with Gasteiger partial charge in [-0.15, -0.1) is 12.4 Å². The molecule has 5 N–H and O–H groups in total. The predicted molar refractivity (Wildman–Crippen MR) is 151 cm³/mol. The average molecular weight is 575 g/mol. The molecule has 0 unspecified atom stereocenters. The van der Waals surface area contributed by atoms with Crippen LogP contribution in [0.15, 0.2) is 71.6 Å². The number of guanidine groups is 1. The molecule has 0 saturated carbocycles. The van der Waals surface area contributed by atoms with Gasteiger partial charge in [-0.3, -0.25) is 20.3 Å². The van der Waals surface area contributed by atoms with Crippen LogP contribution in [0.5, 0.6) is 0 Å². The minimum Gasteiger partial charge on any atom is -0.370 e. The number of non-ortho nitro benzene ring substituents is 1. The van der Waals surface area contributed by atoms with Crippen LogP contribution in [0.1, 0.15) is 18.4 Å². The third-order valence-electron chi connectivity index (χ3n) is 6.66. The zero-order valence-electron chi connectivity index (χ0n) is 21.1. The lowest BCUT2D eigenvalue weighted by molar-refractivity contribution is -0.384. The maximum atomic E-state index is 13.3. The molecular formula is C26H31ClN6O5S. The monoisotopic (exact) mass is 574 g/mol. The molecule has 208 valence electrons. The van der Waals surface area contributed by atoms with E-state index in [1.54, 1.807) is 17.0 Å². The van der Waals surface area contributed by atoms with E-state index < -0.39 is 26.9 Å². The van der Waals surface area contributed by atoms with Crippen LogP contribution in [0, 0.1) is 21.4 Å². The Labute approximate surface area is 232 Å². The number of nitrogens with two attached hydrogens (primary N) is 1. The molecule has 0 radical (unpaired) electrons. The van der Waals surface area contributed by atoms with Gasteiger partial charge in [0.25, 0.3) is 5.69 Å². The van der Waals surface area contributed by atoms with Crippen molar-refractivity contribution >= 4 is 50.8 Å². The van der Waals surface area contributed by atoms with Gasteiger partial charge < -0.3 is 16.0 Å². The molecular weight excluding hydrogens is 544 g/mol. The number of amides is 1. The molecule has 39 heavy (non-hydrogen) atoms. The molecule has 11 nitrogen and oxygen atoms in total. The van der Waals surface area contributed by atoms with Gasteiger partial charge in [-0.25, -0.2) is 8.42 Å².